The number of carbonyl (C=O) groups is 3. The van der Waals surface area contributed by atoms with Gasteiger partial charge in [0, 0.05) is 13.1 Å². The topological polar surface area (TPSA) is 108 Å². The second kappa shape index (κ2) is 6.07. The summed E-state index contributed by atoms with van der Waals surface area (Å²) < 4.78 is 0. The Bertz CT molecular complexity index is 319. The van der Waals surface area contributed by atoms with Crippen LogP contribution in [-0.2, 0) is 9.59 Å². The molecule has 0 aromatic rings. The van der Waals surface area contributed by atoms with Crippen LogP contribution >= 0.6 is 0 Å². The van der Waals surface area contributed by atoms with Gasteiger partial charge in [0.05, 0.1) is 12.5 Å². The van der Waals surface area contributed by atoms with Gasteiger partial charge in [-0.05, 0) is 19.3 Å². The van der Waals surface area contributed by atoms with Crippen molar-refractivity contribution in [3.63, 3.8) is 0 Å². The largest absolute Gasteiger partial charge is 0.481 e. The number of urea groups is 1. The van der Waals surface area contributed by atoms with Gasteiger partial charge in [-0.25, -0.2) is 4.79 Å². The fourth-order valence-corrected chi connectivity index (χ4v) is 1.82. The van der Waals surface area contributed by atoms with Gasteiger partial charge < -0.3 is 21.1 Å². The number of hydrogen-bond donors (Lipinski definition) is 4. The number of nitrogens with one attached hydrogen (secondary N) is 3. The molecule has 0 radical (unpaired) electrons. The Morgan fingerprint density at radius 2 is 2.00 bits per heavy atom. The number of aliphatic carboxylic acids is 1. The predicted octanol–water partition coefficient (Wildman–Crippen LogP) is -0.715. The minimum atomic E-state index is -0.819. The van der Waals surface area contributed by atoms with Crippen molar-refractivity contribution in [1.29, 1.82) is 0 Å². The van der Waals surface area contributed by atoms with E-state index in [9.17, 15) is 14.4 Å². The zero-order valence-corrected chi connectivity index (χ0v) is 9.66. The molecule has 3 amide bonds. The van der Waals surface area contributed by atoms with E-state index in [1.807, 2.05) is 0 Å². The third-order valence-corrected chi connectivity index (χ3v) is 2.81. The Labute approximate surface area is 98.9 Å². The van der Waals surface area contributed by atoms with Gasteiger partial charge in [-0.15, -0.1) is 0 Å². The Hall–Kier alpha value is -1.79. The van der Waals surface area contributed by atoms with Crippen molar-refractivity contribution in [2.45, 2.75) is 25.3 Å². The molecule has 0 aromatic carbocycles. The summed E-state index contributed by atoms with van der Waals surface area (Å²) in [5.74, 6) is -1.48. The number of carboxylic acids is 1. The van der Waals surface area contributed by atoms with Crippen molar-refractivity contribution in [3.8, 4) is 0 Å². The van der Waals surface area contributed by atoms with Crippen LogP contribution in [-0.4, -0.2) is 42.6 Å². The van der Waals surface area contributed by atoms with Crippen LogP contribution in [0, 0.1) is 5.92 Å². The molecule has 0 aromatic heterocycles. The summed E-state index contributed by atoms with van der Waals surface area (Å²) in [5, 5.41) is 16.2. The first-order chi connectivity index (χ1) is 8.02. The molecular weight excluding hydrogens is 226 g/mol. The number of amides is 3. The Morgan fingerprint density at radius 1 is 1.29 bits per heavy atom. The zero-order valence-electron chi connectivity index (χ0n) is 9.66. The first kappa shape index (κ1) is 13.3. The number of carboxylic acid groups (broad SMARTS) is 1. The lowest BCUT2D eigenvalue weighted by atomic mass is 10.1. The number of carbonyl (C=O) groups excluding carboxylic acids is 2. The average molecular weight is 243 g/mol. The molecule has 7 nitrogen and oxygen atoms in total. The number of hydrogen-bond acceptors (Lipinski definition) is 3. The molecule has 1 rings (SSSR count). The highest BCUT2D eigenvalue weighted by molar-refractivity contribution is 5.83. The molecule has 0 heterocycles. The molecule has 1 saturated carbocycles. The van der Waals surface area contributed by atoms with Crippen LogP contribution in [0.2, 0.25) is 0 Å². The van der Waals surface area contributed by atoms with Crippen molar-refractivity contribution in [3.05, 3.63) is 0 Å². The van der Waals surface area contributed by atoms with Gasteiger partial charge in [0.15, 0.2) is 0 Å². The van der Waals surface area contributed by atoms with Crippen LogP contribution in [0.25, 0.3) is 0 Å². The van der Waals surface area contributed by atoms with Crippen molar-refractivity contribution in [1.82, 2.24) is 16.0 Å². The summed E-state index contributed by atoms with van der Waals surface area (Å²) in [6.07, 6.45) is 1.68. The normalized spacial score (nSPS) is 22.9. The molecule has 0 spiro atoms. The summed E-state index contributed by atoms with van der Waals surface area (Å²) in [7, 11) is 1.48. The van der Waals surface area contributed by atoms with Crippen molar-refractivity contribution >= 4 is 17.9 Å². The first-order valence-corrected chi connectivity index (χ1v) is 5.50. The minimum absolute atomic E-state index is 0.0859. The van der Waals surface area contributed by atoms with E-state index < -0.39 is 12.0 Å². The van der Waals surface area contributed by atoms with Gasteiger partial charge >= 0.3 is 12.0 Å². The molecule has 1 fully saturated rings. The van der Waals surface area contributed by atoms with E-state index in [0.29, 0.717) is 19.3 Å². The van der Waals surface area contributed by atoms with E-state index in [1.165, 1.54) is 7.05 Å². The number of likely N-dealkylation sites (N-methyl/N-ethyl adjacent to an activating group) is 1. The molecule has 2 atom stereocenters. The lowest BCUT2D eigenvalue weighted by Gasteiger charge is -2.12. The van der Waals surface area contributed by atoms with Gasteiger partial charge in [0.2, 0.25) is 5.91 Å². The lowest BCUT2D eigenvalue weighted by molar-refractivity contribution is -0.141. The maximum absolute atomic E-state index is 11.3. The highest BCUT2D eigenvalue weighted by atomic mass is 16.4. The van der Waals surface area contributed by atoms with E-state index in [2.05, 4.69) is 16.0 Å². The Balaban J connectivity index is 2.24. The third kappa shape index (κ3) is 4.29. The average Bonchev–Trinajstić information content (AvgIpc) is 2.74. The molecular formula is C10H17N3O4. The second-order valence-corrected chi connectivity index (χ2v) is 4.05. The maximum Gasteiger partial charge on any atom is 0.315 e. The smallest absolute Gasteiger partial charge is 0.315 e. The fraction of sp³-hybridized carbons (Fsp3) is 0.700. The highest BCUT2D eigenvalue weighted by Crippen LogP contribution is 2.25. The van der Waals surface area contributed by atoms with Crippen molar-refractivity contribution < 1.29 is 19.5 Å². The zero-order chi connectivity index (χ0) is 12.8. The first-order valence-electron chi connectivity index (χ1n) is 5.50. The van der Waals surface area contributed by atoms with Gasteiger partial charge in [0.25, 0.3) is 0 Å². The van der Waals surface area contributed by atoms with Crippen LogP contribution in [0.5, 0.6) is 0 Å². The SMILES string of the molecule is CNC(=O)CNC(=O)NC1CCC(C(=O)O)C1. The van der Waals surface area contributed by atoms with E-state index in [-0.39, 0.29) is 24.4 Å². The molecule has 7 heteroatoms. The molecule has 0 saturated heterocycles. The maximum atomic E-state index is 11.3. The Morgan fingerprint density at radius 3 is 2.53 bits per heavy atom. The fourth-order valence-electron chi connectivity index (χ4n) is 1.82. The van der Waals surface area contributed by atoms with Crippen LogP contribution < -0.4 is 16.0 Å². The van der Waals surface area contributed by atoms with Crippen LogP contribution in [0.15, 0.2) is 0 Å². The molecule has 0 bridgehead atoms. The van der Waals surface area contributed by atoms with Gasteiger partial charge in [-0.3, -0.25) is 9.59 Å². The molecule has 2 unspecified atom stereocenters. The molecule has 4 N–H and O–H groups in total. The standard InChI is InChI=1S/C10H17N3O4/c1-11-8(14)5-12-10(17)13-7-3-2-6(4-7)9(15)16/h6-7H,2-5H2,1H3,(H,11,14)(H,15,16)(H2,12,13,17). The summed E-state index contributed by atoms with van der Waals surface area (Å²) in [5.41, 5.74) is 0. The van der Waals surface area contributed by atoms with Gasteiger partial charge in [-0.1, -0.05) is 0 Å². The monoisotopic (exact) mass is 243 g/mol. The molecule has 1 aliphatic rings. The van der Waals surface area contributed by atoms with E-state index in [0.717, 1.165) is 0 Å². The Kier molecular flexibility index (Phi) is 4.74. The predicted molar refractivity (Wildman–Crippen MR) is 59.4 cm³/mol. The summed E-state index contributed by atoms with van der Waals surface area (Å²) >= 11 is 0. The molecule has 0 aliphatic heterocycles. The van der Waals surface area contributed by atoms with Crippen LogP contribution in [0.1, 0.15) is 19.3 Å². The van der Waals surface area contributed by atoms with E-state index in [4.69, 9.17) is 5.11 Å². The van der Waals surface area contributed by atoms with Gasteiger partial charge in [-0.2, -0.15) is 0 Å². The van der Waals surface area contributed by atoms with Crippen LogP contribution in [0.3, 0.4) is 0 Å². The van der Waals surface area contributed by atoms with Gasteiger partial charge in [0.1, 0.15) is 0 Å². The molecule has 17 heavy (non-hydrogen) atoms. The van der Waals surface area contributed by atoms with E-state index >= 15 is 0 Å². The highest BCUT2D eigenvalue weighted by Gasteiger charge is 2.30. The second-order valence-electron chi connectivity index (χ2n) is 4.05. The van der Waals surface area contributed by atoms with Crippen LogP contribution in [0.4, 0.5) is 4.79 Å². The minimum Gasteiger partial charge on any atom is -0.481 e. The lowest BCUT2D eigenvalue weighted by Crippen LogP contribution is -2.44. The quantitative estimate of drug-likeness (QED) is 0.523. The summed E-state index contributed by atoms with van der Waals surface area (Å²) in [6, 6.07) is -0.564. The summed E-state index contributed by atoms with van der Waals surface area (Å²) in [4.78, 5) is 32.9. The summed E-state index contributed by atoms with van der Waals surface area (Å²) in [6.45, 7) is -0.0859. The van der Waals surface area contributed by atoms with E-state index in [1.54, 1.807) is 0 Å². The van der Waals surface area contributed by atoms with Crippen molar-refractivity contribution in [2.75, 3.05) is 13.6 Å². The molecule has 1 aliphatic carbocycles. The molecule has 96 valence electrons. The van der Waals surface area contributed by atoms with Crippen molar-refractivity contribution in [2.24, 2.45) is 5.92 Å². The third-order valence-electron chi connectivity index (χ3n) is 2.81. The number of rotatable bonds is 4.